The van der Waals surface area contributed by atoms with E-state index in [2.05, 4.69) is 10.1 Å². The number of hydrogen-bond donors (Lipinski definition) is 2. The highest BCUT2D eigenvalue weighted by Gasteiger charge is 2.64. The van der Waals surface area contributed by atoms with Gasteiger partial charge >= 0.3 is 0 Å². The van der Waals surface area contributed by atoms with E-state index < -0.39 is 27.3 Å². The van der Waals surface area contributed by atoms with E-state index in [1.807, 2.05) is 18.2 Å². The number of rotatable bonds is 7. The maximum atomic E-state index is 11.8. The molecule has 2 aromatic heterocycles. The number of carbonyl (C=O) groups is 2. The molecule has 12 heteroatoms. The lowest BCUT2D eigenvalue weighted by Gasteiger charge is -2.11. The molecule has 0 spiro atoms. The van der Waals surface area contributed by atoms with Crippen molar-refractivity contribution in [1.29, 1.82) is 0 Å². The predicted octanol–water partition coefficient (Wildman–Crippen LogP) is 2.56. The van der Waals surface area contributed by atoms with Crippen LogP contribution in [0.25, 0.3) is 22.0 Å². The molecule has 0 saturated heterocycles. The van der Waals surface area contributed by atoms with Gasteiger partial charge in [-0.05, 0) is 47.9 Å². The molecule has 1 aliphatic rings. The fraction of sp³-hybridized carbons (Fsp3) is 0.167. The third-order valence-electron chi connectivity index (χ3n) is 6.29. The Morgan fingerprint density at radius 1 is 1.06 bits per heavy atom. The molecule has 2 aromatic carbocycles. The van der Waals surface area contributed by atoms with Gasteiger partial charge in [-0.25, -0.2) is 8.42 Å². The number of nitrogens with two attached hydrogens (primary N) is 2. The largest absolute Gasteiger partial charge is 0.457 e. The molecule has 1 saturated carbocycles. The van der Waals surface area contributed by atoms with Crippen LogP contribution in [0.5, 0.6) is 11.5 Å². The summed E-state index contributed by atoms with van der Waals surface area (Å²) in [5.41, 5.74) is 12.4. The van der Waals surface area contributed by atoms with Gasteiger partial charge in [0.15, 0.2) is 0 Å². The van der Waals surface area contributed by atoms with Crippen LogP contribution < -0.4 is 16.2 Å². The van der Waals surface area contributed by atoms with Crippen LogP contribution in [-0.4, -0.2) is 40.7 Å². The number of amides is 2. The summed E-state index contributed by atoms with van der Waals surface area (Å²) in [7, 11) is -3.47. The molecular formula is C24H22ClN5O5S. The summed E-state index contributed by atoms with van der Waals surface area (Å²) in [6.07, 6.45) is 5.93. The minimum Gasteiger partial charge on any atom is -0.457 e. The fourth-order valence-electron chi connectivity index (χ4n) is 4.25. The minimum atomic E-state index is -3.47. The van der Waals surface area contributed by atoms with Crippen molar-refractivity contribution in [1.82, 2.24) is 14.2 Å². The smallest absolute Gasteiger partial charge is 0.250 e. The van der Waals surface area contributed by atoms with Crippen LogP contribution in [0.2, 0.25) is 0 Å². The average molecular weight is 528 g/mol. The molecule has 4 aromatic rings. The highest BCUT2D eigenvalue weighted by atomic mass is 35.5. The van der Waals surface area contributed by atoms with Crippen molar-refractivity contribution >= 4 is 45.1 Å². The van der Waals surface area contributed by atoms with Gasteiger partial charge in [-0.3, -0.25) is 14.6 Å². The van der Waals surface area contributed by atoms with Crippen LogP contribution in [0, 0.1) is 5.41 Å². The number of ether oxygens (including phenoxy) is 1. The normalized spacial score (nSPS) is 16.2. The first-order chi connectivity index (χ1) is 16.6. The molecule has 186 valence electrons. The second-order valence-corrected chi connectivity index (χ2v) is 10.4. The Morgan fingerprint density at radius 2 is 1.75 bits per heavy atom. The minimum absolute atomic E-state index is 0. The zero-order valence-corrected chi connectivity index (χ0v) is 20.6. The second-order valence-electron chi connectivity index (χ2n) is 8.53. The first-order valence-electron chi connectivity index (χ1n) is 10.6. The lowest BCUT2D eigenvalue weighted by molar-refractivity contribution is -0.133. The van der Waals surface area contributed by atoms with Crippen molar-refractivity contribution in [3.8, 4) is 22.6 Å². The number of fused-ring (bicyclic) bond motifs is 1. The molecule has 1 unspecified atom stereocenters. The monoisotopic (exact) mass is 527 g/mol. The van der Waals surface area contributed by atoms with Crippen molar-refractivity contribution in [2.75, 3.05) is 6.26 Å². The van der Waals surface area contributed by atoms with Crippen LogP contribution in [0.15, 0.2) is 67.1 Å². The van der Waals surface area contributed by atoms with Crippen molar-refractivity contribution in [2.45, 2.75) is 12.3 Å². The van der Waals surface area contributed by atoms with Gasteiger partial charge in [-0.1, -0.05) is 18.2 Å². The Kier molecular flexibility index (Phi) is 6.23. The number of hydrogen-bond acceptors (Lipinski definition) is 7. The van der Waals surface area contributed by atoms with E-state index in [9.17, 15) is 18.0 Å². The quantitative estimate of drug-likeness (QED) is 0.349. The topological polar surface area (TPSA) is 160 Å². The van der Waals surface area contributed by atoms with E-state index in [0.717, 1.165) is 26.9 Å². The summed E-state index contributed by atoms with van der Waals surface area (Å²) >= 11 is 0. The van der Waals surface area contributed by atoms with Crippen LogP contribution in [0.1, 0.15) is 17.9 Å². The fourth-order valence-corrected chi connectivity index (χ4v) is 4.78. The van der Waals surface area contributed by atoms with Crippen LogP contribution in [-0.2, 0) is 19.6 Å². The molecule has 5 rings (SSSR count). The van der Waals surface area contributed by atoms with Crippen LogP contribution in [0.3, 0.4) is 0 Å². The molecule has 2 heterocycles. The van der Waals surface area contributed by atoms with E-state index in [-0.39, 0.29) is 18.3 Å². The summed E-state index contributed by atoms with van der Waals surface area (Å²) in [5, 5.41) is 4.67. The third kappa shape index (κ3) is 4.27. The van der Waals surface area contributed by atoms with E-state index in [1.165, 1.54) is 12.4 Å². The number of pyridine rings is 1. The van der Waals surface area contributed by atoms with Crippen LogP contribution in [0.4, 0.5) is 0 Å². The van der Waals surface area contributed by atoms with Gasteiger partial charge in [0.05, 0.1) is 24.2 Å². The highest BCUT2D eigenvalue weighted by molar-refractivity contribution is 7.89. The molecule has 0 bridgehead atoms. The Morgan fingerprint density at radius 3 is 2.33 bits per heavy atom. The Hall–Kier alpha value is -3.96. The molecule has 0 aliphatic heterocycles. The SMILES string of the molecule is CS(=O)(=O)n1cc(-c2ccc3c(Oc4ccc(C5CC5(C(N)=O)C(N)=O)cc4)ccnc3c2)cn1.Cl. The molecular weight excluding hydrogens is 506 g/mol. The summed E-state index contributed by atoms with van der Waals surface area (Å²) in [6, 6.07) is 14.3. The van der Waals surface area contributed by atoms with Gasteiger partial charge in [0, 0.05) is 23.1 Å². The van der Waals surface area contributed by atoms with Crippen molar-refractivity contribution in [3.63, 3.8) is 0 Å². The van der Waals surface area contributed by atoms with Crippen molar-refractivity contribution in [3.05, 3.63) is 72.7 Å². The molecule has 4 N–H and O–H groups in total. The number of benzene rings is 2. The molecule has 2 amide bonds. The number of nitrogens with zero attached hydrogens (tertiary/aromatic N) is 3. The zero-order valence-electron chi connectivity index (χ0n) is 19.0. The van der Waals surface area contributed by atoms with Gasteiger partial charge in [0.1, 0.15) is 16.9 Å². The van der Waals surface area contributed by atoms with Gasteiger partial charge in [-0.15, -0.1) is 12.4 Å². The van der Waals surface area contributed by atoms with E-state index in [0.29, 0.717) is 29.0 Å². The van der Waals surface area contributed by atoms with Gasteiger partial charge in [0.2, 0.25) is 11.8 Å². The van der Waals surface area contributed by atoms with Gasteiger partial charge < -0.3 is 16.2 Å². The van der Waals surface area contributed by atoms with E-state index >= 15 is 0 Å². The molecule has 1 fully saturated rings. The molecule has 10 nitrogen and oxygen atoms in total. The number of aromatic nitrogens is 3. The summed E-state index contributed by atoms with van der Waals surface area (Å²) in [5.74, 6) is -0.609. The number of primary amides is 2. The van der Waals surface area contributed by atoms with E-state index in [4.69, 9.17) is 16.2 Å². The van der Waals surface area contributed by atoms with Crippen molar-refractivity contribution in [2.24, 2.45) is 16.9 Å². The second kappa shape index (κ2) is 8.92. The molecule has 36 heavy (non-hydrogen) atoms. The Bertz CT molecular complexity index is 1590. The summed E-state index contributed by atoms with van der Waals surface area (Å²) in [6.45, 7) is 0. The number of carbonyl (C=O) groups excluding carboxylic acids is 2. The molecule has 1 aliphatic carbocycles. The lowest BCUT2D eigenvalue weighted by Crippen LogP contribution is -2.38. The summed E-state index contributed by atoms with van der Waals surface area (Å²) < 4.78 is 30.4. The first kappa shape index (κ1) is 25.1. The van der Waals surface area contributed by atoms with E-state index in [1.54, 1.807) is 36.5 Å². The van der Waals surface area contributed by atoms with Crippen LogP contribution >= 0.6 is 12.4 Å². The summed E-state index contributed by atoms with van der Waals surface area (Å²) in [4.78, 5) is 27.9. The average Bonchev–Trinajstić information content (AvgIpc) is 3.39. The van der Waals surface area contributed by atoms with Gasteiger partial charge in [0.25, 0.3) is 10.0 Å². The predicted molar refractivity (Wildman–Crippen MR) is 135 cm³/mol. The lowest BCUT2D eigenvalue weighted by atomic mass is 9.97. The standard InChI is InChI=1S/C24H21N5O5S.ClH/c1-35(32,33)29-13-16(12-28-29)15-4-7-18-20(10-15)27-9-8-21(18)34-17-5-2-14(3-6-17)19-11-24(19,22(25)30)23(26)31;/h2-10,12-13,19H,11H2,1H3,(H2,25,30)(H2,26,31);1H. The maximum absolute atomic E-state index is 11.8. The highest BCUT2D eigenvalue weighted by Crippen LogP contribution is 2.59. The Labute approximate surface area is 212 Å². The number of halogens is 1. The first-order valence-corrected chi connectivity index (χ1v) is 12.5. The third-order valence-corrected chi connectivity index (χ3v) is 7.17. The van der Waals surface area contributed by atoms with Gasteiger partial charge in [-0.2, -0.15) is 9.19 Å². The Balaban J connectivity index is 0.00000304. The molecule has 1 atom stereocenters. The maximum Gasteiger partial charge on any atom is 0.250 e. The zero-order chi connectivity index (χ0) is 25.0. The molecule has 0 radical (unpaired) electrons. The van der Waals surface area contributed by atoms with Crippen molar-refractivity contribution < 1.29 is 22.7 Å².